The van der Waals surface area contributed by atoms with Gasteiger partial charge in [0.25, 0.3) is 0 Å². The molecule has 1 aromatic carbocycles. The number of hydrogen-bond acceptors (Lipinski definition) is 4. The molecule has 2 amide bonds. The van der Waals surface area contributed by atoms with Gasteiger partial charge in [-0.05, 0) is 56.4 Å². The van der Waals surface area contributed by atoms with E-state index in [1.165, 1.54) is 0 Å². The minimum absolute atomic E-state index is 0.0648. The summed E-state index contributed by atoms with van der Waals surface area (Å²) in [6.45, 7) is 7.33. The molecule has 6 nitrogen and oxygen atoms in total. The lowest BCUT2D eigenvalue weighted by molar-refractivity contribution is -0.124. The first-order valence-electron chi connectivity index (χ1n) is 10.1. The van der Waals surface area contributed by atoms with Crippen molar-refractivity contribution in [3.05, 3.63) is 28.8 Å². The predicted molar refractivity (Wildman–Crippen MR) is 112 cm³/mol. The molecule has 7 heteroatoms. The lowest BCUT2D eigenvalue weighted by Gasteiger charge is -2.31. The van der Waals surface area contributed by atoms with Gasteiger partial charge in [-0.2, -0.15) is 0 Å². The minimum atomic E-state index is 0.0648. The number of carbonyl (C=O) groups is 2. The van der Waals surface area contributed by atoms with Crippen LogP contribution < -0.4 is 15.4 Å². The summed E-state index contributed by atoms with van der Waals surface area (Å²) in [4.78, 5) is 26.1. The molecule has 156 valence electrons. The molecule has 0 saturated carbocycles. The van der Waals surface area contributed by atoms with Gasteiger partial charge >= 0.3 is 0 Å². The Kier molecular flexibility index (Phi) is 9.58. The van der Waals surface area contributed by atoms with Crippen molar-refractivity contribution in [1.82, 2.24) is 15.5 Å². The molecule has 0 atom stereocenters. The fraction of sp³-hybridized carbons (Fsp3) is 0.619. The molecule has 1 aromatic rings. The maximum absolute atomic E-state index is 12.1. The van der Waals surface area contributed by atoms with Crippen LogP contribution in [0.25, 0.3) is 0 Å². The van der Waals surface area contributed by atoms with E-state index in [0.29, 0.717) is 26.0 Å². The zero-order valence-corrected chi connectivity index (χ0v) is 17.7. The smallest absolute Gasteiger partial charge is 0.234 e. The standard InChI is InChI=1S/C21H32ClN3O3/c1-3-10-23-21(27)15-25-11-8-17(9-12-25)24-20(26)5-4-13-28-18-6-7-19(22)16(2)14-18/h6-7,14,17H,3-5,8-13,15H2,1-2H3,(H,23,27)(H,24,26). The Morgan fingerprint density at radius 3 is 2.68 bits per heavy atom. The third-order valence-electron chi connectivity index (χ3n) is 4.84. The van der Waals surface area contributed by atoms with Crippen LogP contribution in [0.3, 0.4) is 0 Å². The van der Waals surface area contributed by atoms with Crippen LogP contribution in [-0.2, 0) is 9.59 Å². The number of nitrogens with one attached hydrogen (secondary N) is 2. The van der Waals surface area contributed by atoms with Crippen LogP contribution in [0.5, 0.6) is 5.75 Å². The first-order chi connectivity index (χ1) is 13.5. The average Bonchev–Trinajstić information content (AvgIpc) is 2.68. The van der Waals surface area contributed by atoms with Crippen molar-refractivity contribution in [3.8, 4) is 5.75 Å². The molecule has 0 aliphatic carbocycles. The number of aryl methyl sites for hydroxylation is 1. The first-order valence-corrected chi connectivity index (χ1v) is 10.5. The Hall–Kier alpha value is -1.79. The van der Waals surface area contributed by atoms with Crippen LogP contribution in [-0.4, -0.2) is 55.5 Å². The highest BCUT2D eigenvalue weighted by molar-refractivity contribution is 6.31. The predicted octanol–water partition coefficient (Wildman–Crippen LogP) is 2.91. The summed E-state index contributed by atoms with van der Waals surface area (Å²) in [5.74, 6) is 0.924. The highest BCUT2D eigenvalue weighted by atomic mass is 35.5. The zero-order chi connectivity index (χ0) is 20.4. The van der Waals surface area contributed by atoms with E-state index in [-0.39, 0.29) is 17.9 Å². The van der Waals surface area contributed by atoms with Crippen molar-refractivity contribution in [2.45, 2.75) is 52.0 Å². The summed E-state index contributed by atoms with van der Waals surface area (Å²) in [5, 5.41) is 6.73. The van der Waals surface area contributed by atoms with E-state index < -0.39 is 0 Å². The maximum Gasteiger partial charge on any atom is 0.234 e. The Labute approximate surface area is 172 Å². The summed E-state index contributed by atoms with van der Waals surface area (Å²) in [6.07, 6.45) is 3.83. The molecule has 0 aromatic heterocycles. The molecule has 1 aliphatic rings. The molecule has 0 bridgehead atoms. The van der Waals surface area contributed by atoms with E-state index in [9.17, 15) is 9.59 Å². The molecule has 0 radical (unpaired) electrons. The maximum atomic E-state index is 12.1. The largest absolute Gasteiger partial charge is 0.494 e. The molecule has 0 unspecified atom stereocenters. The number of ether oxygens (including phenoxy) is 1. The summed E-state index contributed by atoms with van der Waals surface area (Å²) in [6, 6.07) is 5.76. The number of amides is 2. The molecule has 1 saturated heterocycles. The number of hydrogen-bond donors (Lipinski definition) is 2. The van der Waals surface area contributed by atoms with Crippen molar-refractivity contribution in [1.29, 1.82) is 0 Å². The molecule has 2 rings (SSSR count). The minimum Gasteiger partial charge on any atom is -0.494 e. The molecular formula is C21H32ClN3O3. The fourth-order valence-corrected chi connectivity index (χ4v) is 3.31. The van der Waals surface area contributed by atoms with Crippen molar-refractivity contribution >= 4 is 23.4 Å². The molecule has 1 aliphatic heterocycles. The van der Waals surface area contributed by atoms with E-state index in [4.69, 9.17) is 16.3 Å². The lowest BCUT2D eigenvalue weighted by atomic mass is 10.0. The van der Waals surface area contributed by atoms with Crippen LogP contribution in [0.4, 0.5) is 0 Å². The van der Waals surface area contributed by atoms with Crippen molar-refractivity contribution in [3.63, 3.8) is 0 Å². The molecule has 0 spiro atoms. The second kappa shape index (κ2) is 11.9. The fourth-order valence-electron chi connectivity index (χ4n) is 3.19. The van der Waals surface area contributed by atoms with E-state index in [0.717, 1.165) is 55.2 Å². The molecule has 1 fully saturated rings. The van der Waals surface area contributed by atoms with Crippen LogP contribution in [0.1, 0.15) is 44.6 Å². The summed E-state index contributed by atoms with van der Waals surface area (Å²) >= 11 is 6.00. The molecule has 1 heterocycles. The SMILES string of the molecule is CCCNC(=O)CN1CCC(NC(=O)CCCOc2ccc(Cl)c(C)c2)CC1. The lowest BCUT2D eigenvalue weighted by Crippen LogP contribution is -2.47. The molecule has 28 heavy (non-hydrogen) atoms. The quantitative estimate of drug-likeness (QED) is 0.583. The van der Waals surface area contributed by atoms with E-state index in [1.54, 1.807) is 0 Å². The summed E-state index contributed by atoms with van der Waals surface area (Å²) in [5.41, 5.74) is 0.978. The number of piperidine rings is 1. The summed E-state index contributed by atoms with van der Waals surface area (Å²) < 4.78 is 5.68. The number of halogens is 1. The number of nitrogens with zero attached hydrogens (tertiary/aromatic N) is 1. The Balaban J connectivity index is 1.57. The molecule has 2 N–H and O–H groups in total. The first kappa shape index (κ1) is 22.5. The van der Waals surface area contributed by atoms with Gasteiger partial charge in [-0.25, -0.2) is 0 Å². The second-order valence-electron chi connectivity index (χ2n) is 7.33. The van der Waals surface area contributed by atoms with Gasteiger partial charge in [-0.15, -0.1) is 0 Å². The number of likely N-dealkylation sites (tertiary alicyclic amines) is 1. The number of carbonyl (C=O) groups excluding carboxylic acids is 2. The number of benzene rings is 1. The topological polar surface area (TPSA) is 70.7 Å². The van der Waals surface area contributed by atoms with Crippen molar-refractivity contribution < 1.29 is 14.3 Å². The summed E-state index contributed by atoms with van der Waals surface area (Å²) in [7, 11) is 0. The van der Waals surface area contributed by atoms with Gasteiger partial charge in [0.15, 0.2) is 0 Å². The zero-order valence-electron chi connectivity index (χ0n) is 16.9. The monoisotopic (exact) mass is 409 g/mol. The van der Waals surface area contributed by atoms with Gasteiger partial charge in [-0.3, -0.25) is 14.5 Å². The Morgan fingerprint density at radius 2 is 2.00 bits per heavy atom. The van der Waals surface area contributed by atoms with Gasteiger partial charge in [0, 0.05) is 37.1 Å². The molecular weight excluding hydrogens is 378 g/mol. The average molecular weight is 410 g/mol. The highest BCUT2D eigenvalue weighted by Gasteiger charge is 2.21. The normalized spacial score (nSPS) is 15.2. The van der Waals surface area contributed by atoms with Gasteiger partial charge in [-0.1, -0.05) is 18.5 Å². The van der Waals surface area contributed by atoms with E-state index >= 15 is 0 Å². The van der Waals surface area contributed by atoms with Crippen LogP contribution in [0.15, 0.2) is 18.2 Å². The Bertz CT molecular complexity index is 646. The van der Waals surface area contributed by atoms with Crippen LogP contribution in [0.2, 0.25) is 5.02 Å². The van der Waals surface area contributed by atoms with Crippen LogP contribution in [0, 0.1) is 6.92 Å². The second-order valence-corrected chi connectivity index (χ2v) is 7.74. The van der Waals surface area contributed by atoms with Crippen molar-refractivity contribution in [2.75, 3.05) is 32.8 Å². The third-order valence-corrected chi connectivity index (χ3v) is 5.26. The van der Waals surface area contributed by atoms with Gasteiger partial charge in [0.2, 0.25) is 11.8 Å². The van der Waals surface area contributed by atoms with Gasteiger partial charge in [0.05, 0.1) is 13.2 Å². The van der Waals surface area contributed by atoms with Gasteiger partial charge in [0.1, 0.15) is 5.75 Å². The Morgan fingerprint density at radius 1 is 1.25 bits per heavy atom. The van der Waals surface area contributed by atoms with E-state index in [2.05, 4.69) is 15.5 Å². The van der Waals surface area contributed by atoms with E-state index in [1.807, 2.05) is 32.0 Å². The van der Waals surface area contributed by atoms with Crippen molar-refractivity contribution in [2.24, 2.45) is 0 Å². The highest BCUT2D eigenvalue weighted by Crippen LogP contribution is 2.21. The van der Waals surface area contributed by atoms with Crippen LogP contribution >= 0.6 is 11.6 Å². The number of rotatable bonds is 10. The third kappa shape index (κ3) is 8.07. The van der Waals surface area contributed by atoms with Gasteiger partial charge < -0.3 is 15.4 Å².